The van der Waals surface area contributed by atoms with E-state index >= 15 is 0 Å². The van der Waals surface area contributed by atoms with Crippen LogP contribution in [0, 0.1) is 6.92 Å². The Balaban J connectivity index is 2.13. The van der Waals surface area contributed by atoms with Gasteiger partial charge in [-0.15, -0.1) is 0 Å². The third-order valence-corrected chi connectivity index (χ3v) is 9.13. The summed E-state index contributed by atoms with van der Waals surface area (Å²) in [5.41, 5.74) is 1.44. The summed E-state index contributed by atoms with van der Waals surface area (Å²) in [5, 5.41) is 3.35. The van der Waals surface area contributed by atoms with Crippen molar-refractivity contribution in [2.24, 2.45) is 0 Å². The number of aryl methyl sites for hydroxylation is 1. The summed E-state index contributed by atoms with van der Waals surface area (Å²) in [6, 6.07) is 14.7. The normalized spacial score (nSPS) is 12.0. The first kappa shape index (κ1) is 31.5. The van der Waals surface area contributed by atoms with E-state index in [1.807, 2.05) is 6.92 Å². The lowest BCUT2D eigenvalue weighted by Crippen LogP contribution is -2.51. The third kappa shape index (κ3) is 7.01. The van der Waals surface area contributed by atoms with Crippen LogP contribution < -0.4 is 14.4 Å². The highest BCUT2D eigenvalue weighted by atomic mass is 35.5. The number of anilines is 1. The van der Waals surface area contributed by atoms with Gasteiger partial charge in [0, 0.05) is 29.2 Å². The maximum Gasteiger partial charge on any atom is 0.264 e. The van der Waals surface area contributed by atoms with Crippen LogP contribution in [-0.4, -0.2) is 51.9 Å². The molecule has 0 bridgehead atoms. The predicted octanol–water partition coefficient (Wildman–Crippen LogP) is 5.71. The second-order valence-electron chi connectivity index (χ2n) is 8.90. The Labute approximate surface area is 249 Å². The van der Waals surface area contributed by atoms with Gasteiger partial charge in [-0.3, -0.25) is 13.9 Å². The van der Waals surface area contributed by atoms with Crippen LogP contribution in [0.25, 0.3) is 0 Å². The highest BCUT2D eigenvalue weighted by Gasteiger charge is 2.34. The molecule has 0 fully saturated rings. The fourth-order valence-electron chi connectivity index (χ4n) is 4.12. The second-order valence-corrected chi connectivity index (χ2v) is 12.0. The Hall–Kier alpha value is -2.98. The van der Waals surface area contributed by atoms with E-state index in [2.05, 4.69) is 5.32 Å². The molecule has 0 aliphatic heterocycles. The van der Waals surface area contributed by atoms with Crippen molar-refractivity contribution in [1.82, 2.24) is 10.2 Å². The van der Waals surface area contributed by atoms with Crippen LogP contribution >= 0.6 is 34.8 Å². The van der Waals surface area contributed by atoms with E-state index in [0.29, 0.717) is 21.4 Å². The number of carbonyl (C=O) groups excluding carboxylic acids is 2. The highest BCUT2D eigenvalue weighted by molar-refractivity contribution is 7.92. The lowest BCUT2D eigenvalue weighted by molar-refractivity contribution is -0.140. The summed E-state index contributed by atoms with van der Waals surface area (Å²) in [6.45, 7) is 2.83. The van der Waals surface area contributed by atoms with Crippen LogP contribution in [0.3, 0.4) is 0 Å². The lowest BCUT2D eigenvalue weighted by Gasteiger charge is -2.33. The molecule has 1 atom stereocenters. The van der Waals surface area contributed by atoms with Gasteiger partial charge in [0.15, 0.2) is 0 Å². The molecule has 0 aliphatic rings. The Kier molecular flexibility index (Phi) is 10.7. The summed E-state index contributed by atoms with van der Waals surface area (Å²) in [5.74, 6) is -0.724. The van der Waals surface area contributed by atoms with Crippen molar-refractivity contribution in [2.75, 3.05) is 25.0 Å². The molecule has 0 spiro atoms. The Morgan fingerprint density at radius 3 is 2.12 bits per heavy atom. The summed E-state index contributed by atoms with van der Waals surface area (Å²) in [7, 11) is -1.35. The summed E-state index contributed by atoms with van der Waals surface area (Å²) < 4.78 is 34.0. The minimum atomic E-state index is -4.25. The van der Waals surface area contributed by atoms with E-state index in [-0.39, 0.29) is 28.6 Å². The Bertz CT molecular complexity index is 1460. The zero-order chi connectivity index (χ0) is 29.6. The first-order valence-corrected chi connectivity index (χ1v) is 14.9. The van der Waals surface area contributed by atoms with Crippen molar-refractivity contribution in [2.45, 2.75) is 37.8 Å². The van der Waals surface area contributed by atoms with Crippen molar-refractivity contribution in [3.63, 3.8) is 0 Å². The van der Waals surface area contributed by atoms with E-state index < -0.39 is 34.4 Å². The highest BCUT2D eigenvalue weighted by Crippen LogP contribution is 2.33. The number of sulfonamides is 1. The molecule has 1 N–H and O–H groups in total. The fraction of sp³-hybridized carbons (Fsp3) is 0.286. The van der Waals surface area contributed by atoms with Gasteiger partial charge in [0.1, 0.15) is 18.3 Å². The molecule has 3 aromatic rings. The minimum absolute atomic E-state index is 0.0168. The molecule has 12 heteroatoms. The first-order valence-electron chi connectivity index (χ1n) is 12.3. The average Bonchev–Trinajstić information content (AvgIpc) is 2.92. The monoisotopic (exact) mass is 625 g/mol. The third-order valence-electron chi connectivity index (χ3n) is 6.33. The average molecular weight is 627 g/mol. The molecule has 0 saturated heterocycles. The molecule has 0 saturated carbocycles. The largest absolute Gasteiger partial charge is 0.495 e. The molecule has 8 nitrogen and oxygen atoms in total. The van der Waals surface area contributed by atoms with Crippen LogP contribution in [0.2, 0.25) is 15.1 Å². The number of hydrogen-bond acceptors (Lipinski definition) is 5. The van der Waals surface area contributed by atoms with Gasteiger partial charge in [-0.05, 0) is 55.8 Å². The number of benzene rings is 3. The van der Waals surface area contributed by atoms with Crippen molar-refractivity contribution < 1.29 is 22.7 Å². The zero-order valence-electron chi connectivity index (χ0n) is 22.4. The van der Waals surface area contributed by atoms with Gasteiger partial charge in [-0.1, -0.05) is 65.5 Å². The SMILES string of the molecule is CC[C@@H](C(=O)NC)N(Cc1c(Cl)cccc1Cl)C(=O)CN(c1ccc(OC)c(Cl)c1)S(=O)(=O)c1ccc(C)cc1. The summed E-state index contributed by atoms with van der Waals surface area (Å²) in [4.78, 5) is 28.1. The molecule has 3 aromatic carbocycles. The fourth-order valence-corrected chi connectivity index (χ4v) is 6.29. The smallest absolute Gasteiger partial charge is 0.264 e. The van der Waals surface area contributed by atoms with E-state index in [4.69, 9.17) is 39.5 Å². The van der Waals surface area contributed by atoms with E-state index in [9.17, 15) is 18.0 Å². The molecular weight excluding hydrogens is 597 g/mol. The number of carbonyl (C=O) groups is 2. The molecule has 2 amide bonds. The molecule has 3 rings (SSSR count). The number of nitrogens with zero attached hydrogens (tertiary/aromatic N) is 2. The molecule has 0 aliphatic carbocycles. The van der Waals surface area contributed by atoms with Crippen molar-refractivity contribution in [3.8, 4) is 5.75 Å². The number of hydrogen-bond donors (Lipinski definition) is 1. The molecule has 40 heavy (non-hydrogen) atoms. The topological polar surface area (TPSA) is 96.0 Å². The number of ether oxygens (including phenoxy) is 1. The molecule has 0 unspecified atom stereocenters. The minimum Gasteiger partial charge on any atom is -0.495 e. The second kappa shape index (κ2) is 13.6. The van der Waals surface area contributed by atoms with Gasteiger partial charge in [-0.25, -0.2) is 8.42 Å². The number of halogens is 3. The van der Waals surface area contributed by atoms with Crippen molar-refractivity contribution in [3.05, 3.63) is 86.9 Å². The number of likely N-dealkylation sites (N-methyl/N-ethyl adjacent to an activating group) is 1. The van der Waals surface area contributed by atoms with Crippen LogP contribution in [0.1, 0.15) is 24.5 Å². The summed E-state index contributed by atoms with van der Waals surface area (Å²) in [6.07, 6.45) is 0.257. The standard InChI is InChI=1S/C28H30Cl3N3O5S/c1-5-25(28(36)32-3)33(16-21-22(29)7-6-8-23(21)30)27(35)17-34(19-11-14-26(39-4)24(31)15-19)40(37,38)20-12-9-18(2)10-13-20/h6-15,25H,5,16-17H2,1-4H3,(H,32,36)/t25-/m0/s1. The van der Waals surface area contributed by atoms with Crippen LogP contribution in [0.4, 0.5) is 5.69 Å². The van der Waals surface area contributed by atoms with Crippen LogP contribution in [-0.2, 0) is 26.2 Å². The van der Waals surface area contributed by atoms with Gasteiger partial charge >= 0.3 is 0 Å². The molecule has 0 radical (unpaired) electrons. The molecule has 0 aromatic heterocycles. The molecular formula is C28H30Cl3N3O5S. The zero-order valence-corrected chi connectivity index (χ0v) is 25.5. The predicted molar refractivity (Wildman–Crippen MR) is 159 cm³/mol. The number of methoxy groups -OCH3 is 1. The maximum atomic E-state index is 14.0. The van der Waals surface area contributed by atoms with Gasteiger partial charge in [0.05, 0.1) is 22.7 Å². The number of rotatable bonds is 11. The van der Waals surface area contributed by atoms with E-state index in [0.717, 1.165) is 9.87 Å². The Morgan fingerprint density at radius 1 is 0.975 bits per heavy atom. The molecule has 0 heterocycles. The van der Waals surface area contributed by atoms with E-state index in [1.165, 1.54) is 49.4 Å². The quantitative estimate of drug-likeness (QED) is 0.294. The first-order chi connectivity index (χ1) is 18.9. The van der Waals surface area contributed by atoms with E-state index in [1.54, 1.807) is 37.3 Å². The van der Waals surface area contributed by atoms with Gasteiger partial charge in [-0.2, -0.15) is 0 Å². The number of nitrogens with one attached hydrogen (secondary N) is 1. The maximum absolute atomic E-state index is 14.0. The van der Waals surface area contributed by atoms with Crippen LogP contribution in [0.5, 0.6) is 5.75 Å². The van der Waals surface area contributed by atoms with Gasteiger partial charge < -0.3 is 15.0 Å². The summed E-state index contributed by atoms with van der Waals surface area (Å²) >= 11 is 19.1. The number of amides is 2. The van der Waals surface area contributed by atoms with Crippen molar-refractivity contribution in [1.29, 1.82) is 0 Å². The Morgan fingerprint density at radius 2 is 1.60 bits per heavy atom. The van der Waals surface area contributed by atoms with Gasteiger partial charge in [0.2, 0.25) is 11.8 Å². The lowest BCUT2D eigenvalue weighted by atomic mass is 10.1. The van der Waals surface area contributed by atoms with Crippen molar-refractivity contribution >= 4 is 62.3 Å². The van der Waals surface area contributed by atoms with Crippen LogP contribution in [0.15, 0.2) is 65.6 Å². The van der Waals surface area contributed by atoms with Gasteiger partial charge in [0.25, 0.3) is 10.0 Å². The molecule has 214 valence electrons.